The Hall–Kier alpha value is -1.41. The predicted molar refractivity (Wildman–Crippen MR) is 74.4 cm³/mol. The first-order valence-electron chi connectivity index (χ1n) is 6.31. The average Bonchev–Trinajstić information content (AvgIpc) is 2.57. The third kappa shape index (κ3) is 2.50. The SMILES string of the molecule is O=[PH](O)OC1c2ccccc2CCc2ccccc21. The van der Waals surface area contributed by atoms with E-state index in [1.54, 1.807) is 0 Å². The van der Waals surface area contributed by atoms with Crippen LogP contribution in [0, 0.1) is 0 Å². The molecule has 19 heavy (non-hydrogen) atoms. The highest BCUT2D eigenvalue weighted by atomic mass is 31.1. The van der Waals surface area contributed by atoms with Crippen LogP contribution in [0.25, 0.3) is 0 Å². The number of aryl methyl sites for hydroxylation is 2. The molecule has 1 aliphatic rings. The molecular formula is C15H15O3P. The van der Waals surface area contributed by atoms with Crippen LogP contribution in [0.4, 0.5) is 0 Å². The summed E-state index contributed by atoms with van der Waals surface area (Å²) in [4.78, 5) is 9.17. The molecule has 0 bridgehead atoms. The lowest BCUT2D eigenvalue weighted by Crippen LogP contribution is -2.04. The minimum Gasteiger partial charge on any atom is -0.326 e. The molecular weight excluding hydrogens is 259 g/mol. The van der Waals surface area contributed by atoms with Crippen molar-refractivity contribution in [2.75, 3.05) is 0 Å². The summed E-state index contributed by atoms with van der Waals surface area (Å²) in [5.74, 6) is 0. The molecule has 2 aromatic carbocycles. The van der Waals surface area contributed by atoms with E-state index in [9.17, 15) is 9.46 Å². The quantitative estimate of drug-likeness (QED) is 0.855. The average molecular weight is 274 g/mol. The predicted octanol–water partition coefficient (Wildman–Crippen LogP) is 3.27. The van der Waals surface area contributed by atoms with Gasteiger partial charge in [-0.25, -0.2) is 0 Å². The van der Waals surface area contributed by atoms with Gasteiger partial charge in [-0.2, -0.15) is 0 Å². The van der Waals surface area contributed by atoms with Crippen LogP contribution in [-0.4, -0.2) is 4.89 Å². The number of benzene rings is 2. The molecule has 1 atom stereocenters. The maximum Gasteiger partial charge on any atom is 0.317 e. The first-order chi connectivity index (χ1) is 9.25. The van der Waals surface area contributed by atoms with E-state index < -0.39 is 14.4 Å². The van der Waals surface area contributed by atoms with E-state index in [-0.39, 0.29) is 0 Å². The molecule has 0 saturated carbocycles. The Morgan fingerprint density at radius 2 is 1.42 bits per heavy atom. The molecule has 0 amide bonds. The van der Waals surface area contributed by atoms with Gasteiger partial charge < -0.3 is 4.89 Å². The molecule has 3 nitrogen and oxygen atoms in total. The Labute approximate surface area is 112 Å². The van der Waals surface area contributed by atoms with Gasteiger partial charge in [0.05, 0.1) is 0 Å². The summed E-state index contributed by atoms with van der Waals surface area (Å²) in [6.45, 7) is 0. The zero-order valence-electron chi connectivity index (χ0n) is 10.4. The highest BCUT2D eigenvalue weighted by Gasteiger charge is 2.24. The monoisotopic (exact) mass is 274 g/mol. The second kappa shape index (κ2) is 5.30. The molecule has 98 valence electrons. The third-order valence-electron chi connectivity index (χ3n) is 3.56. The van der Waals surface area contributed by atoms with Gasteiger partial charge in [-0.3, -0.25) is 9.09 Å². The minimum atomic E-state index is -2.98. The normalized spacial score (nSPS) is 16.3. The van der Waals surface area contributed by atoms with Crippen LogP contribution >= 0.6 is 8.25 Å². The number of hydrogen-bond donors (Lipinski definition) is 1. The number of hydrogen-bond acceptors (Lipinski definition) is 2. The lowest BCUT2D eigenvalue weighted by Gasteiger charge is -2.19. The van der Waals surface area contributed by atoms with Crippen molar-refractivity contribution in [3.05, 3.63) is 70.8 Å². The topological polar surface area (TPSA) is 46.5 Å². The summed E-state index contributed by atoms with van der Waals surface area (Å²) in [6, 6.07) is 16.0. The van der Waals surface area contributed by atoms with Crippen LogP contribution in [-0.2, 0) is 21.9 Å². The second-order valence-electron chi connectivity index (χ2n) is 4.66. The smallest absolute Gasteiger partial charge is 0.317 e. The van der Waals surface area contributed by atoms with Crippen molar-refractivity contribution < 1.29 is 14.0 Å². The molecule has 0 heterocycles. The van der Waals surface area contributed by atoms with Crippen LogP contribution in [0.3, 0.4) is 0 Å². The van der Waals surface area contributed by atoms with Gasteiger partial charge in [0.2, 0.25) is 0 Å². The van der Waals surface area contributed by atoms with E-state index in [0.29, 0.717) is 0 Å². The van der Waals surface area contributed by atoms with Crippen molar-refractivity contribution in [2.45, 2.75) is 18.9 Å². The fourth-order valence-electron chi connectivity index (χ4n) is 2.70. The first-order valence-corrected chi connectivity index (χ1v) is 7.57. The molecule has 2 aromatic rings. The summed E-state index contributed by atoms with van der Waals surface area (Å²) in [7, 11) is -2.98. The standard InChI is InChI=1S/C15H15O3P/c16-19(17)18-15-13-7-3-1-5-11(13)9-10-12-6-2-4-8-14(12)15/h1-8,15,19H,9-10H2,(H,16,17). The number of rotatable bonds is 2. The van der Waals surface area contributed by atoms with Gasteiger partial charge in [0.25, 0.3) is 0 Å². The van der Waals surface area contributed by atoms with Crippen LogP contribution in [0.15, 0.2) is 48.5 Å². The molecule has 3 rings (SSSR count). The van der Waals surface area contributed by atoms with Crippen LogP contribution in [0.2, 0.25) is 0 Å². The van der Waals surface area contributed by atoms with E-state index in [0.717, 1.165) is 24.0 Å². The second-order valence-corrected chi connectivity index (χ2v) is 5.43. The van der Waals surface area contributed by atoms with Gasteiger partial charge in [-0.1, -0.05) is 48.5 Å². The third-order valence-corrected chi connectivity index (χ3v) is 3.99. The van der Waals surface area contributed by atoms with E-state index in [1.807, 2.05) is 36.4 Å². The van der Waals surface area contributed by atoms with Gasteiger partial charge in [-0.05, 0) is 35.1 Å². The lowest BCUT2D eigenvalue weighted by molar-refractivity contribution is 0.225. The molecule has 1 aliphatic carbocycles. The molecule has 0 fully saturated rings. The van der Waals surface area contributed by atoms with Gasteiger partial charge in [0.1, 0.15) is 6.10 Å². The largest absolute Gasteiger partial charge is 0.326 e. The fraction of sp³-hybridized carbons (Fsp3) is 0.200. The lowest BCUT2D eigenvalue weighted by atomic mass is 9.97. The van der Waals surface area contributed by atoms with Crippen molar-refractivity contribution in [1.29, 1.82) is 0 Å². The van der Waals surface area contributed by atoms with E-state index in [2.05, 4.69) is 12.1 Å². The number of fused-ring (bicyclic) bond motifs is 2. The Kier molecular flexibility index (Phi) is 3.52. The zero-order chi connectivity index (χ0) is 13.2. The van der Waals surface area contributed by atoms with Crippen LogP contribution in [0.1, 0.15) is 28.4 Å². The Bertz CT molecular complexity index is 577. The molecule has 0 saturated heterocycles. The fourth-order valence-corrected chi connectivity index (χ4v) is 3.16. The van der Waals surface area contributed by atoms with Gasteiger partial charge in [-0.15, -0.1) is 0 Å². The Morgan fingerprint density at radius 1 is 0.947 bits per heavy atom. The van der Waals surface area contributed by atoms with Gasteiger partial charge in [0.15, 0.2) is 0 Å². The highest BCUT2D eigenvalue weighted by molar-refractivity contribution is 7.32. The molecule has 4 heteroatoms. The molecule has 1 unspecified atom stereocenters. The molecule has 1 N–H and O–H groups in total. The maximum atomic E-state index is 11.2. The van der Waals surface area contributed by atoms with Crippen LogP contribution < -0.4 is 0 Å². The highest BCUT2D eigenvalue weighted by Crippen LogP contribution is 2.39. The van der Waals surface area contributed by atoms with E-state index in [4.69, 9.17) is 4.52 Å². The van der Waals surface area contributed by atoms with Crippen molar-refractivity contribution in [1.82, 2.24) is 0 Å². The van der Waals surface area contributed by atoms with Crippen molar-refractivity contribution in [3.8, 4) is 0 Å². The summed E-state index contributed by atoms with van der Waals surface area (Å²) in [5.41, 5.74) is 4.37. The van der Waals surface area contributed by atoms with E-state index >= 15 is 0 Å². The summed E-state index contributed by atoms with van der Waals surface area (Å²) >= 11 is 0. The zero-order valence-corrected chi connectivity index (χ0v) is 11.4. The molecule has 0 radical (unpaired) electrons. The van der Waals surface area contributed by atoms with Crippen molar-refractivity contribution in [2.24, 2.45) is 0 Å². The minimum absolute atomic E-state index is 0.439. The van der Waals surface area contributed by atoms with Gasteiger partial charge in [0, 0.05) is 0 Å². The molecule has 0 spiro atoms. The molecule has 0 aliphatic heterocycles. The molecule has 0 aromatic heterocycles. The Morgan fingerprint density at radius 3 is 1.89 bits per heavy atom. The van der Waals surface area contributed by atoms with Crippen molar-refractivity contribution >= 4 is 8.25 Å². The van der Waals surface area contributed by atoms with E-state index in [1.165, 1.54) is 11.1 Å². The van der Waals surface area contributed by atoms with Gasteiger partial charge >= 0.3 is 8.25 Å². The van der Waals surface area contributed by atoms with Crippen LogP contribution in [0.5, 0.6) is 0 Å². The summed E-state index contributed by atoms with van der Waals surface area (Å²) < 4.78 is 16.5. The maximum absolute atomic E-state index is 11.2. The summed E-state index contributed by atoms with van der Waals surface area (Å²) in [6.07, 6.45) is 1.42. The first kappa shape index (κ1) is 12.6. The van der Waals surface area contributed by atoms with Crippen molar-refractivity contribution in [3.63, 3.8) is 0 Å². The Balaban J connectivity index is 2.16. The summed E-state index contributed by atoms with van der Waals surface area (Å²) in [5, 5.41) is 0.